The van der Waals surface area contributed by atoms with Gasteiger partial charge in [0.05, 0.1) is 5.02 Å². The van der Waals surface area contributed by atoms with E-state index in [2.05, 4.69) is 0 Å². The molecule has 2 aromatic carbocycles. The first-order valence-corrected chi connectivity index (χ1v) is 8.87. The summed E-state index contributed by atoms with van der Waals surface area (Å²) in [6.07, 6.45) is 0. The van der Waals surface area contributed by atoms with E-state index < -0.39 is 0 Å². The number of thioether (sulfide) groups is 1. The van der Waals surface area contributed by atoms with Crippen LogP contribution in [0.1, 0.15) is 11.1 Å². The Bertz CT molecular complexity index is 950. The largest absolute Gasteiger partial charge is 0.423 e. The maximum atomic E-state index is 11.8. The van der Waals surface area contributed by atoms with Gasteiger partial charge in [0.25, 0.3) is 0 Å². The van der Waals surface area contributed by atoms with Crippen LogP contribution in [0.5, 0.6) is 0 Å². The molecule has 0 fully saturated rings. The number of rotatable bonds is 3. The van der Waals surface area contributed by atoms with Crippen LogP contribution < -0.4 is 5.63 Å². The zero-order valence-corrected chi connectivity index (χ0v) is 15.1. The van der Waals surface area contributed by atoms with Crippen LogP contribution in [0, 0.1) is 6.92 Å². The van der Waals surface area contributed by atoms with Crippen LogP contribution in [-0.2, 0) is 5.75 Å². The summed E-state index contributed by atoms with van der Waals surface area (Å²) in [5.41, 5.74) is 1.86. The van der Waals surface area contributed by atoms with Crippen molar-refractivity contribution in [1.29, 1.82) is 0 Å². The molecule has 0 spiro atoms. The third-order valence-electron chi connectivity index (χ3n) is 3.39. The number of hydrogen-bond donors (Lipinski definition) is 0. The molecule has 0 aliphatic heterocycles. The lowest BCUT2D eigenvalue weighted by Crippen LogP contribution is -2.00. The lowest BCUT2D eigenvalue weighted by molar-refractivity contribution is 0.559. The maximum absolute atomic E-state index is 11.8. The molecule has 0 saturated heterocycles. The average molecular weight is 386 g/mol. The highest BCUT2D eigenvalue weighted by molar-refractivity contribution is 7.98. The third kappa shape index (κ3) is 3.69. The lowest BCUT2D eigenvalue weighted by atomic mass is 10.1. The summed E-state index contributed by atoms with van der Waals surface area (Å²) in [6, 6.07) is 10.4. The summed E-state index contributed by atoms with van der Waals surface area (Å²) in [5.74, 6) is 0.557. The SMILES string of the molecule is Cc1cc2oc(=O)cc(CSc3cc(Cl)ccc3Cl)c2cc1Cl. The van der Waals surface area contributed by atoms with Crippen LogP contribution >= 0.6 is 46.6 Å². The van der Waals surface area contributed by atoms with Crippen molar-refractivity contribution in [2.45, 2.75) is 17.6 Å². The number of halogens is 3. The second kappa shape index (κ2) is 6.78. The molecule has 1 heterocycles. The maximum Gasteiger partial charge on any atom is 0.336 e. The van der Waals surface area contributed by atoms with Crippen molar-refractivity contribution in [3.05, 3.63) is 73.0 Å². The number of aryl methyl sites for hydroxylation is 1. The van der Waals surface area contributed by atoms with Gasteiger partial charge < -0.3 is 4.42 Å². The fraction of sp³-hybridized carbons (Fsp3) is 0.118. The minimum Gasteiger partial charge on any atom is -0.423 e. The van der Waals surface area contributed by atoms with Crippen molar-refractivity contribution < 1.29 is 4.42 Å². The van der Waals surface area contributed by atoms with Crippen LogP contribution in [0.3, 0.4) is 0 Å². The Morgan fingerprint density at radius 1 is 1.04 bits per heavy atom. The minimum absolute atomic E-state index is 0.382. The van der Waals surface area contributed by atoms with Crippen LogP contribution in [-0.4, -0.2) is 0 Å². The zero-order chi connectivity index (χ0) is 16.6. The van der Waals surface area contributed by atoms with Gasteiger partial charge in [0.2, 0.25) is 0 Å². The minimum atomic E-state index is -0.382. The molecule has 2 nitrogen and oxygen atoms in total. The molecule has 0 aliphatic carbocycles. The molecule has 0 saturated carbocycles. The van der Waals surface area contributed by atoms with E-state index in [-0.39, 0.29) is 5.63 Å². The zero-order valence-electron chi connectivity index (χ0n) is 12.0. The predicted molar refractivity (Wildman–Crippen MR) is 98.3 cm³/mol. The quantitative estimate of drug-likeness (QED) is 0.388. The Kier molecular flexibility index (Phi) is 4.93. The second-order valence-electron chi connectivity index (χ2n) is 5.05. The van der Waals surface area contributed by atoms with E-state index in [1.165, 1.54) is 17.8 Å². The van der Waals surface area contributed by atoms with Crippen molar-refractivity contribution in [1.82, 2.24) is 0 Å². The van der Waals surface area contributed by atoms with Crippen molar-refractivity contribution in [2.24, 2.45) is 0 Å². The number of fused-ring (bicyclic) bond motifs is 1. The van der Waals surface area contributed by atoms with Gasteiger partial charge in [-0.2, -0.15) is 0 Å². The molecule has 3 aromatic rings. The van der Waals surface area contributed by atoms with Gasteiger partial charge in [-0.1, -0.05) is 34.8 Å². The van der Waals surface area contributed by atoms with Crippen molar-refractivity contribution in [3.8, 4) is 0 Å². The molecule has 1 aromatic heterocycles. The van der Waals surface area contributed by atoms with Crippen LogP contribution in [0.25, 0.3) is 11.0 Å². The number of benzene rings is 2. The highest BCUT2D eigenvalue weighted by atomic mass is 35.5. The molecule has 0 atom stereocenters. The molecular formula is C17H11Cl3O2S. The Hall–Kier alpha value is -1.13. The molecule has 0 unspecified atom stereocenters. The molecule has 0 bridgehead atoms. The fourth-order valence-electron chi connectivity index (χ4n) is 2.21. The molecule has 3 rings (SSSR count). The van der Waals surface area contributed by atoms with E-state index in [9.17, 15) is 4.79 Å². The predicted octanol–water partition coefficient (Wildman–Crippen LogP) is 6.35. The molecule has 0 N–H and O–H groups in total. The molecular weight excluding hydrogens is 375 g/mol. The molecule has 118 valence electrons. The molecule has 0 aliphatic rings. The first-order chi connectivity index (χ1) is 10.9. The Morgan fingerprint density at radius 2 is 1.83 bits per heavy atom. The van der Waals surface area contributed by atoms with E-state index in [1.54, 1.807) is 24.3 Å². The first kappa shape index (κ1) is 16.7. The van der Waals surface area contributed by atoms with Crippen molar-refractivity contribution in [2.75, 3.05) is 0 Å². The topological polar surface area (TPSA) is 30.2 Å². The summed E-state index contributed by atoms with van der Waals surface area (Å²) in [7, 11) is 0. The monoisotopic (exact) mass is 384 g/mol. The summed E-state index contributed by atoms with van der Waals surface area (Å²) < 4.78 is 5.26. The van der Waals surface area contributed by atoms with E-state index in [0.29, 0.717) is 26.4 Å². The molecule has 0 amide bonds. The second-order valence-corrected chi connectivity index (χ2v) is 7.32. The van der Waals surface area contributed by atoms with Crippen LogP contribution in [0.2, 0.25) is 15.1 Å². The van der Waals surface area contributed by atoms with Crippen molar-refractivity contribution in [3.63, 3.8) is 0 Å². The normalized spacial score (nSPS) is 11.1. The summed E-state index contributed by atoms with van der Waals surface area (Å²) in [5, 5.41) is 2.71. The molecule has 23 heavy (non-hydrogen) atoms. The number of hydrogen-bond acceptors (Lipinski definition) is 3. The Morgan fingerprint density at radius 3 is 2.61 bits per heavy atom. The van der Waals surface area contributed by atoms with Gasteiger partial charge in [0, 0.05) is 32.1 Å². The van der Waals surface area contributed by atoms with Gasteiger partial charge >= 0.3 is 5.63 Å². The van der Waals surface area contributed by atoms with E-state index in [1.807, 2.05) is 13.0 Å². The Labute approximate surface area is 152 Å². The summed E-state index contributed by atoms with van der Waals surface area (Å²) in [6.45, 7) is 1.87. The van der Waals surface area contributed by atoms with Gasteiger partial charge in [-0.25, -0.2) is 4.79 Å². The lowest BCUT2D eigenvalue weighted by Gasteiger charge is -2.08. The average Bonchev–Trinajstić information content (AvgIpc) is 2.49. The van der Waals surface area contributed by atoms with E-state index in [4.69, 9.17) is 39.2 Å². The van der Waals surface area contributed by atoms with E-state index >= 15 is 0 Å². The molecule has 6 heteroatoms. The van der Waals surface area contributed by atoms with Crippen molar-refractivity contribution >= 4 is 57.5 Å². The smallest absolute Gasteiger partial charge is 0.336 e. The van der Waals surface area contributed by atoms with Crippen LogP contribution in [0.15, 0.2) is 50.5 Å². The van der Waals surface area contributed by atoms with Gasteiger partial charge in [-0.3, -0.25) is 0 Å². The third-order valence-corrected chi connectivity index (χ3v) is 5.57. The first-order valence-electron chi connectivity index (χ1n) is 6.75. The summed E-state index contributed by atoms with van der Waals surface area (Å²) in [4.78, 5) is 12.6. The van der Waals surface area contributed by atoms with Gasteiger partial charge in [0.15, 0.2) is 0 Å². The highest BCUT2D eigenvalue weighted by Gasteiger charge is 2.10. The Balaban J connectivity index is 2.01. The van der Waals surface area contributed by atoms with Gasteiger partial charge in [-0.15, -0.1) is 11.8 Å². The van der Waals surface area contributed by atoms with E-state index in [0.717, 1.165) is 21.4 Å². The highest BCUT2D eigenvalue weighted by Crippen LogP contribution is 2.34. The summed E-state index contributed by atoms with van der Waals surface area (Å²) >= 11 is 19.9. The standard InChI is InChI=1S/C17H11Cl3O2S/c1-9-4-15-12(7-14(9)20)10(5-17(21)22-15)8-23-16-6-11(18)2-3-13(16)19/h2-7H,8H2,1H3. The van der Waals surface area contributed by atoms with Crippen LogP contribution in [0.4, 0.5) is 0 Å². The molecule has 0 radical (unpaired) electrons. The van der Waals surface area contributed by atoms with Gasteiger partial charge in [-0.05, 0) is 48.4 Å². The fourth-order valence-corrected chi connectivity index (χ4v) is 3.86. The van der Waals surface area contributed by atoms with Gasteiger partial charge in [0.1, 0.15) is 5.58 Å².